The maximum Gasteiger partial charge on any atom is 0.243 e. The van der Waals surface area contributed by atoms with E-state index in [0.717, 1.165) is 6.42 Å². The number of nitrogens with zero attached hydrogens (tertiary/aromatic N) is 2. The van der Waals surface area contributed by atoms with Gasteiger partial charge >= 0.3 is 0 Å². The molecular weight excluding hydrogens is 202 g/mol. The molecule has 16 heavy (non-hydrogen) atoms. The number of aryl methyl sites for hydroxylation is 1. The van der Waals surface area contributed by atoms with Gasteiger partial charge in [-0.05, 0) is 17.5 Å². The molecule has 5 nitrogen and oxygen atoms in total. The summed E-state index contributed by atoms with van der Waals surface area (Å²) in [6.45, 7) is 2.85. The number of nitrogen functional groups attached to an aromatic ring is 1. The van der Waals surface area contributed by atoms with Gasteiger partial charge in [0, 0.05) is 6.54 Å². The standard InChI is InChI=1S/C11H15N5/c1-2-8-5-3-4-6-9(8)7-13-11-14-10(12)15-16-11/h3-6H,2,7H2,1H3,(H4,12,13,14,15,16). The van der Waals surface area contributed by atoms with Crippen LogP contribution in [-0.2, 0) is 13.0 Å². The van der Waals surface area contributed by atoms with Crippen molar-refractivity contribution in [2.45, 2.75) is 19.9 Å². The Morgan fingerprint density at radius 3 is 2.69 bits per heavy atom. The molecule has 0 spiro atoms. The summed E-state index contributed by atoms with van der Waals surface area (Å²) < 4.78 is 0. The zero-order chi connectivity index (χ0) is 11.4. The van der Waals surface area contributed by atoms with Crippen LogP contribution in [0.3, 0.4) is 0 Å². The minimum absolute atomic E-state index is 0.325. The monoisotopic (exact) mass is 217 g/mol. The predicted octanol–water partition coefficient (Wildman–Crippen LogP) is 1.56. The zero-order valence-electron chi connectivity index (χ0n) is 9.20. The Kier molecular flexibility index (Phi) is 3.05. The third kappa shape index (κ3) is 2.31. The van der Waals surface area contributed by atoms with Crippen LogP contribution in [0, 0.1) is 0 Å². The molecule has 1 heterocycles. The van der Waals surface area contributed by atoms with Crippen molar-refractivity contribution in [3.8, 4) is 0 Å². The molecular formula is C11H15N5. The molecule has 2 rings (SSSR count). The molecule has 0 bridgehead atoms. The summed E-state index contributed by atoms with van der Waals surface area (Å²) in [7, 11) is 0. The van der Waals surface area contributed by atoms with Gasteiger partial charge in [-0.25, -0.2) is 5.10 Å². The van der Waals surface area contributed by atoms with Crippen molar-refractivity contribution >= 4 is 11.9 Å². The average Bonchev–Trinajstić information content (AvgIpc) is 2.73. The number of anilines is 2. The second-order valence-corrected chi connectivity index (χ2v) is 3.52. The lowest BCUT2D eigenvalue weighted by atomic mass is 10.1. The lowest BCUT2D eigenvalue weighted by Crippen LogP contribution is -2.03. The summed E-state index contributed by atoms with van der Waals surface area (Å²) in [6.07, 6.45) is 1.02. The maximum absolute atomic E-state index is 5.43. The summed E-state index contributed by atoms with van der Waals surface area (Å²) in [5.74, 6) is 0.856. The second kappa shape index (κ2) is 4.65. The fourth-order valence-corrected chi connectivity index (χ4v) is 1.60. The van der Waals surface area contributed by atoms with Crippen LogP contribution in [0.15, 0.2) is 24.3 Å². The Balaban J connectivity index is 2.04. The van der Waals surface area contributed by atoms with Crippen molar-refractivity contribution in [1.82, 2.24) is 15.2 Å². The first-order chi connectivity index (χ1) is 7.79. The van der Waals surface area contributed by atoms with Crippen LogP contribution < -0.4 is 11.1 Å². The second-order valence-electron chi connectivity index (χ2n) is 3.52. The molecule has 0 aliphatic rings. The van der Waals surface area contributed by atoms with Gasteiger partial charge in [-0.15, -0.1) is 5.10 Å². The largest absolute Gasteiger partial charge is 0.368 e. The number of aromatic amines is 1. The molecule has 4 N–H and O–H groups in total. The van der Waals surface area contributed by atoms with Crippen LogP contribution in [0.5, 0.6) is 0 Å². The van der Waals surface area contributed by atoms with E-state index >= 15 is 0 Å². The molecule has 0 aliphatic heterocycles. The van der Waals surface area contributed by atoms with Gasteiger partial charge in [0.15, 0.2) is 0 Å². The number of hydrogen-bond acceptors (Lipinski definition) is 4. The van der Waals surface area contributed by atoms with E-state index in [1.54, 1.807) is 0 Å². The Bertz CT molecular complexity index is 463. The van der Waals surface area contributed by atoms with E-state index in [-0.39, 0.29) is 0 Å². The maximum atomic E-state index is 5.43. The fraction of sp³-hybridized carbons (Fsp3) is 0.273. The zero-order valence-corrected chi connectivity index (χ0v) is 9.20. The van der Waals surface area contributed by atoms with Gasteiger partial charge in [0.1, 0.15) is 0 Å². The van der Waals surface area contributed by atoms with Crippen molar-refractivity contribution in [3.63, 3.8) is 0 Å². The van der Waals surface area contributed by atoms with E-state index in [1.165, 1.54) is 11.1 Å². The summed E-state index contributed by atoms with van der Waals surface area (Å²) in [5, 5.41) is 9.62. The van der Waals surface area contributed by atoms with Crippen molar-refractivity contribution < 1.29 is 0 Å². The minimum atomic E-state index is 0.325. The van der Waals surface area contributed by atoms with Gasteiger partial charge in [0.2, 0.25) is 11.9 Å². The van der Waals surface area contributed by atoms with Crippen molar-refractivity contribution in [2.75, 3.05) is 11.1 Å². The molecule has 1 aromatic heterocycles. The Hall–Kier alpha value is -2.04. The molecule has 0 amide bonds. The average molecular weight is 217 g/mol. The first kappa shape index (κ1) is 10.5. The Morgan fingerprint density at radius 2 is 2.06 bits per heavy atom. The topological polar surface area (TPSA) is 79.6 Å². The third-order valence-electron chi connectivity index (χ3n) is 2.44. The highest BCUT2D eigenvalue weighted by atomic mass is 15.3. The number of H-pyrrole nitrogens is 1. The third-order valence-corrected chi connectivity index (χ3v) is 2.44. The Morgan fingerprint density at radius 1 is 1.31 bits per heavy atom. The molecule has 1 aromatic carbocycles. The molecule has 0 saturated heterocycles. The number of hydrogen-bond donors (Lipinski definition) is 3. The Labute approximate surface area is 94.1 Å². The molecule has 84 valence electrons. The molecule has 0 unspecified atom stereocenters. The predicted molar refractivity (Wildman–Crippen MR) is 63.9 cm³/mol. The lowest BCUT2D eigenvalue weighted by molar-refractivity contribution is 1.01. The van der Waals surface area contributed by atoms with Crippen molar-refractivity contribution in [2.24, 2.45) is 0 Å². The van der Waals surface area contributed by atoms with Gasteiger partial charge in [-0.3, -0.25) is 0 Å². The summed E-state index contributed by atoms with van der Waals surface area (Å²) >= 11 is 0. The van der Waals surface area contributed by atoms with Crippen molar-refractivity contribution in [3.05, 3.63) is 35.4 Å². The first-order valence-corrected chi connectivity index (χ1v) is 5.28. The highest BCUT2D eigenvalue weighted by Gasteiger charge is 2.02. The van der Waals surface area contributed by atoms with Gasteiger partial charge in [0.25, 0.3) is 0 Å². The van der Waals surface area contributed by atoms with Crippen LogP contribution >= 0.6 is 0 Å². The molecule has 0 saturated carbocycles. The summed E-state index contributed by atoms with van der Waals surface area (Å²) in [4.78, 5) is 3.98. The van der Waals surface area contributed by atoms with E-state index < -0.39 is 0 Å². The van der Waals surface area contributed by atoms with E-state index in [4.69, 9.17) is 5.73 Å². The number of nitrogens with two attached hydrogens (primary N) is 1. The normalized spacial score (nSPS) is 10.3. The first-order valence-electron chi connectivity index (χ1n) is 5.28. The molecule has 0 aliphatic carbocycles. The van der Waals surface area contributed by atoms with E-state index in [0.29, 0.717) is 18.4 Å². The quantitative estimate of drug-likeness (QED) is 0.726. The fourth-order valence-electron chi connectivity index (χ4n) is 1.60. The van der Waals surface area contributed by atoms with Crippen LogP contribution in [-0.4, -0.2) is 15.2 Å². The van der Waals surface area contributed by atoms with Crippen LogP contribution in [0.1, 0.15) is 18.1 Å². The number of benzene rings is 1. The van der Waals surface area contributed by atoms with Crippen molar-refractivity contribution in [1.29, 1.82) is 0 Å². The highest BCUT2D eigenvalue weighted by Crippen LogP contribution is 2.11. The number of nitrogens with one attached hydrogen (secondary N) is 2. The van der Waals surface area contributed by atoms with Gasteiger partial charge in [0.05, 0.1) is 0 Å². The molecule has 5 heteroatoms. The van der Waals surface area contributed by atoms with Gasteiger partial charge in [-0.2, -0.15) is 4.98 Å². The van der Waals surface area contributed by atoms with Gasteiger partial charge < -0.3 is 11.1 Å². The molecule has 0 fully saturated rings. The van der Waals surface area contributed by atoms with Crippen LogP contribution in [0.4, 0.5) is 11.9 Å². The molecule has 0 atom stereocenters. The van der Waals surface area contributed by atoms with E-state index in [2.05, 4.69) is 39.6 Å². The molecule has 0 radical (unpaired) electrons. The SMILES string of the molecule is CCc1ccccc1CNc1n[nH]c(N)n1. The molecule has 2 aromatic rings. The lowest BCUT2D eigenvalue weighted by Gasteiger charge is -2.07. The minimum Gasteiger partial charge on any atom is -0.368 e. The number of aromatic nitrogens is 3. The number of rotatable bonds is 4. The van der Waals surface area contributed by atoms with Gasteiger partial charge in [-0.1, -0.05) is 31.2 Å². The smallest absolute Gasteiger partial charge is 0.243 e. The van der Waals surface area contributed by atoms with Crippen LogP contribution in [0.25, 0.3) is 0 Å². The summed E-state index contributed by atoms with van der Waals surface area (Å²) in [6, 6.07) is 8.31. The van der Waals surface area contributed by atoms with E-state index in [1.807, 2.05) is 12.1 Å². The van der Waals surface area contributed by atoms with E-state index in [9.17, 15) is 0 Å². The van der Waals surface area contributed by atoms with Crippen LogP contribution in [0.2, 0.25) is 0 Å². The highest BCUT2D eigenvalue weighted by molar-refractivity contribution is 5.34. The summed E-state index contributed by atoms with van der Waals surface area (Å²) in [5.41, 5.74) is 8.02.